The number of nitrogens with zero attached hydrogens (tertiary/aromatic N) is 4. The molecule has 1 fully saturated rings. The van der Waals surface area contributed by atoms with Crippen LogP contribution in [0.4, 0.5) is 4.79 Å². The number of cyclic esters (lactones) is 1. The third-order valence-electron chi connectivity index (χ3n) is 2.13. The Labute approximate surface area is 102 Å². The fourth-order valence-corrected chi connectivity index (χ4v) is 1.34. The maximum atomic E-state index is 11.1. The van der Waals surface area contributed by atoms with Crippen molar-refractivity contribution < 1.29 is 34.4 Å². The molecule has 19 heavy (non-hydrogen) atoms. The second-order valence-corrected chi connectivity index (χ2v) is 3.32. The molecule has 1 saturated heterocycles. The molecular weight excluding hydrogens is 276 g/mol. The number of hydrogen-bond acceptors (Lipinski definition) is 10. The molecule has 14 nitrogen and oxygen atoms in total. The number of hydrazine groups is 1. The summed E-state index contributed by atoms with van der Waals surface area (Å²) in [5.41, 5.74) is -2.10. The topological polar surface area (TPSA) is 177 Å². The van der Waals surface area contributed by atoms with Crippen LogP contribution >= 0.6 is 0 Å². The van der Waals surface area contributed by atoms with Gasteiger partial charge in [0, 0.05) is 0 Å². The zero-order chi connectivity index (χ0) is 14.6. The molecule has 0 bridgehead atoms. The third-order valence-corrected chi connectivity index (χ3v) is 2.13. The van der Waals surface area contributed by atoms with Crippen molar-refractivity contribution in [1.29, 1.82) is 0 Å². The van der Waals surface area contributed by atoms with E-state index in [-0.39, 0.29) is 5.01 Å². The Hall–Kier alpha value is -2.93. The van der Waals surface area contributed by atoms with E-state index in [0.717, 1.165) is 0 Å². The third kappa shape index (κ3) is 3.05. The largest absolute Gasteiger partial charge is 0.469 e. The van der Waals surface area contributed by atoms with E-state index in [4.69, 9.17) is 0 Å². The number of carbonyl (C=O) groups excluding carboxylic acids is 1. The monoisotopic (exact) mass is 282 g/mol. The summed E-state index contributed by atoms with van der Waals surface area (Å²) in [6, 6.07) is 0. The Kier molecular flexibility index (Phi) is 3.83. The van der Waals surface area contributed by atoms with Crippen LogP contribution in [0.5, 0.6) is 0 Å². The van der Waals surface area contributed by atoms with E-state index >= 15 is 0 Å². The standard InChI is InChI=1S/C5H6N4O10/c10-4-6(7(11)12)5(1-17-4,2-18-8(13)14)3-19-9(15)16/h1-3H2. The van der Waals surface area contributed by atoms with Crippen LogP contribution in [0, 0.1) is 30.3 Å². The van der Waals surface area contributed by atoms with E-state index < -0.39 is 46.7 Å². The summed E-state index contributed by atoms with van der Waals surface area (Å²) < 4.78 is 4.35. The van der Waals surface area contributed by atoms with E-state index in [1.54, 1.807) is 0 Å². The summed E-state index contributed by atoms with van der Waals surface area (Å²) in [5.74, 6) is 0. The van der Waals surface area contributed by atoms with E-state index in [0.29, 0.717) is 0 Å². The fraction of sp³-hybridized carbons (Fsp3) is 0.800. The van der Waals surface area contributed by atoms with Gasteiger partial charge in [-0.1, -0.05) is 0 Å². The average molecular weight is 282 g/mol. The van der Waals surface area contributed by atoms with Gasteiger partial charge in [0.05, 0.1) is 0 Å². The number of nitro groups is 1. The van der Waals surface area contributed by atoms with Crippen LogP contribution in [0.15, 0.2) is 0 Å². The van der Waals surface area contributed by atoms with E-state index in [1.165, 1.54) is 0 Å². The van der Waals surface area contributed by atoms with Gasteiger partial charge in [0.2, 0.25) is 0 Å². The van der Waals surface area contributed by atoms with Gasteiger partial charge in [-0.05, 0) is 5.01 Å². The lowest BCUT2D eigenvalue weighted by atomic mass is 10.0. The molecule has 1 aliphatic heterocycles. The number of rotatable bonds is 7. The minimum Gasteiger partial charge on any atom is -0.443 e. The lowest BCUT2D eigenvalue weighted by Gasteiger charge is -2.25. The molecule has 1 aliphatic rings. The first-order valence-electron chi connectivity index (χ1n) is 4.44. The molecule has 1 heterocycles. The predicted molar refractivity (Wildman–Crippen MR) is 48.8 cm³/mol. The van der Waals surface area contributed by atoms with Gasteiger partial charge in [-0.2, -0.15) is 0 Å². The van der Waals surface area contributed by atoms with Crippen molar-refractivity contribution in [2.45, 2.75) is 5.54 Å². The van der Waals surface area contributed by atoms with Crippen molar-refractivity contribution in [3.8, 4) is 0 Å². The smallest absolute Gasteiger partial charge is 0.443 e. The quantitative estimate of drug-likeness (QED) is 0.406. The first-order chi connectivity index (χ1) is 8.78. The Bertz CT molecular complexity index is 404. The van der Waals surface area contributed by atoms with Crippen molar-refractivity contribution >= 4 is 6.09 Å². The zero-order valence-electron chi connectivity index (χ0n) is 8.99. The van der Waals surface area contributed by atoms with Crippen LogP contribution < -0.4 is 0 Å². The molecule has 0 aromatic heterocycles. The highest BCUT2D eigenvalue weighted by molar-refractivity contribution is 5.69. The summed E-state index contributed by atoms with van der Waals surface area (Å²) >= 11 is 0. The Morgan fingerprint density at radius 2 is 1.63 bits per heavy atom. The molecule has 14 heteroatoms. The summed E-state index contributed by atoms with van der Waals surface area (Å²) in [6.07, 6.45) is -1.43. The maximum Gasteiger partial charge on any atom is 0.469 e. The molecule has 0 aliphatic carbocycles. The zero-order valence-corrected chi connectivity index (χ0v) is 8.99. The van der Waals surface area contributed by atoms with Crippen molar-refractivity contribution in [2.24, 2.45) is 0 Å². The molecule has 0 radical (unpaired) electrons. The van der Waals surface area contributed by atoms with Gasteiger partial charge in [0.25, 0.3) is 10.2 Å². The second-order valence-electron chi connectivity index (χ2n) is 3.32. The lowest BCUT2D eigenvalue weighted by Crippen LogP contribution is -2.57. The molecule has 0 spiro atoms. The van der Waals surface area contributed by atoms with Gasteiger partial charge in [-0.3, -0.25) is 0 Å². The highest BCUT2D eigenvalue weighted by Crippen LogP contribution is 2.25. The molecular formula is C5H6N4O10. The number of carbonyl (C=O) groups is 1. The minimum atomic E-state index is -2.10. The van der Waals surface area contributed by atoms with Gasteiger partial charge in [-0.15, -0.1) is 20.2 Å². The van der Waals surface area contributed by atoms with Crippen LogP contribution in [0.1, 0.15) is 0 Å². The molecule has 0 saturated carbocycles. The van der Waals surface area contributed by atoms with Gasteiger partial charge in [-0.25, -0.2) is 14.9 Å². The summed E-state index contributed by atoms with van der Waals surface area (Å²) in [5, 5.41) is 27.0. The van der Waals surface area contributed by atoms with Crippen LogP contribution in [-0.2, 0) is 14.4 Å². The SMILES string of the molecule is O=C1OCC(CO[N+](=O)[O-])(CO[N+](=O)[O-])N1[N+](=O)[O-]. The average Bonchev–Trinajstić information content (AvgIpc) is 2.62. The van der Waals surface area contributed by atoms with Crippen molar-refractivity contribution in [2.75, 3.05) is 19.8 Å². The molecule has 1 amide bonds. The van der Waals surface area contributed by atoms with Crippen LogP contribution in [-0.4, -0.2) is 51.7 Å². The Morgan fingerprint density at radius 3 is 2.00 bits per heavy atom. The van der Waals surface area contributed by atoms with Gasteiger partial charge >= 0.3 is 6.09 Å². The summed E-state index contributed by atoms with van der Waals surface area (Å²) in [7, 11) is 0. The highest BCUT2D eigenvalue weighted by Gasteiger charge is 2.57. The van der Waals surface area contributed by atoms with E-state index in [9.17, 15) is 35.1 Å². The van der Waals surface area contributed by atoms with Crippen molar-refractivity contribution in [3.63, 3.8) is 0 Å². The molecule has 0 aromatic carbocycles. The molecule has 0 aromatic rings. The first kappa shape index (κ1) is 14.1. The lowest BCUT2D eigenvalue weighted by molar-refractivity contribution is -0.777. The van der Waals surface area contributed by atoms with Gasteiger partial charge in [0.15, 0.2) is 10.6 Å². The Morgan fingerprint density at radius 1 is 1.16 bits per heavy atom. The Balaban J connectivity index is 2.95. The maximum absolute atomic E-state index is 11.1. The van der Waals surface area contributed by atoms with Gasteiger partial charge in [0.1, 0.15) is 19.8 Å². The summed E-state index contributed by atoms with van der Waals surface area (Å²) in [6.45, 7) is -2.75. The fourth-order valence-electron chi connectivity index (χ4n) is 1.34. The predicted octanol–water partition coefficient (Wildman–Crippen LogP) is -1.21. The highest BCUT2D eigenvalue weighted by atomic mass is 17.0. The molecule has 0 N–H and O–H groups in total. The molecule has 0 atom stereocenters. The normalized spacial score (nSPS) is 16.6. The van der Waals surface area contributed by atoms with E-state index in [2.05, 4.69) is 14.4 Å². The van der Waals surface area contributed by atoms with Crippen molar-refractivity contribution in [1.82, 2.24) is 5.01 Å². The van der Waals surface area contributed by atoms with E-state index in [1.807, 2.05) is 0 Å². The second kappa shape index (κ2) is 5.15. The first-order valence-corrected chi connectivity index (χ1v) is 4.44. The van der Waals surface area contributed by atoms with Crippen LogP contribution in [0.25, 0.3) is 0 Å². The van der Waals surface area contributed by atoms with Crippen molar-refractivity contribution in [3.05, 3.63) is 30.3 Å². The minimum absolute atomic E-state index is 0.139. The molecule has 1 rings (SSSR count). The molecule has 0 unspecified atom stereocenters. The molecule has 106 valence electrons. The van der Waals surface area contributed by atoms with Crippen LogP contribution in [0.2, 0.25) is 0 Å². The van der Waals surface area contributed by atoms with Crippen LogP contribution in [0.3, 0.4) is 0 Å². The number of amides is 1. The van der Waals surface area contributed by atoms with Gasteiger partial charge < -0.3 is 14.4 Å². The summed E-state index contributed by atoms with van der Waals surface area (Å²) in [4.78, 5) is 49.9. The number of hydrogen-bond donors (Lipinski definition) is 0. The number of ether oxygens (including phenoxy) is 1.